The van der Waals surface area contributed by atoms with E-state index in [1.165, 1.54) is 12.8 Å². The number of alkyl halides is 1. The Morgan fingerprint density at radius 1 is 1.31 bits per heavy atom. The molecule has 0 aromatic carbocycles. The van der Waals surface area contributed by atoms with Crippen molar-refractivity contribution in [2.75, 3.05) is 12.9 Å². The summed E-state index contributed by atoms with van der Waals surface area (Å²) in [6, 6.07) is 0. The molecule has 0 saturated heterocycles. The molecule has 2 unspecified atom stereocenters. The standard InChI is InChI=1S/C10H21ClOS/c1-4-6-9(13-3)8-10(11)12-7-5-2/h9-10H,4-8H2,1-3H3. The zero-order valence-electron chi connectivity index (χ0n) is 8.88. The second kappa shape index (κ2) is 9.17. The monoisotopic (exact) mass is 224 g/mol. The Bertz CT molecular complexity index is 111. The zero-order chi connectivity index (χ0) is 10.1. The third-order valence-electron chi connectivity index (χ3n) is 1.90. The molecule has 1 nitrogen and oxygen atoms in total. The van der Waals surface area contributed by atoms with Crippen molar-refractivity contribution in [3.8, 4) is 0 Å². The van der Waals surface area contributed by atoms with Gasteiger partial charge in [0.2, 0.25) is 0 Å². The predicted molar refractivity (Wildman–Crippen MR) is 62.7 cm³/mol. The second-order valence-corrected chi connectivity index (χ2v) is 4.79. The van der Waals surface area contributed by atoms with Gasteiger partial charge in [0.25, 0.3) is 0 Å². The summed E-state index contributed by atoms with van der Waals surface area (Å²) in [5.41, 5.74) is -0.0936. The topological polar surface area (TPSA) is 9.23 Å². The number of ether oxygens (including phenoxy) is 1. The summed E-state index contributed by atoms with van der Waals surface area (Å²) in [4.78, 5) is 0. The molecule has 0 fully saturated rings. The largest absolute Gasteiger partial charge is 0.362 e. The van der Waals surface area contributed by atoms with Gasteiger partial charge in [-0.15, -0.1) is 0 Å². The molecular weight excluding hydrogens is 204 g/mol. The van der Waals surface area contributed by atoms with Crippen LogP contribution in [0.25, 0.3) is 0 Å². The van der Waals surface area contributed by atoms with Crippen LogP contribution < -0.4 is 0 Å². The van der Waals surface area contributed by atoms with Crippen molar-refractivity contribution in [2.24, 2.45) is 0 Å². The lowest BCUT2D eigenvalue weighted by atomic mass is 10.2. The van der Waals surface area contributed by atoms with Crippen molar-refractivity contribution in [3.63, 3.8) is 0 Å². The third kappa shape index (κ3) is 7.65. The number of hydrogen-bond acceptors (Lipinski definition) is 2. The van der Waals surface area contributed by atoms with Gasteiger partial charge in [-0.1, -0.05) is 31.9 Å². The maximum absolute atomic E-state index is 6.03. The predicted octanol–water partition coefficient (Wildman–Crippen LogP) is 3.90. The van der Waals surface area contributed by atoms with Crippen LogP contribution in [0.4, 0.5) is 0 Å². The average Bonchev–Trinajstić information content (AvgIpc) is 2.14. The molecule has 0 heterocycles. The summed E-state index contributed by atoms with van der Waals surface area (Å²) in [6.07, 6.45) is 6.62. The van der Waals surface area contributed by atoms with Crippen molar-refractivity contribution in [2.45, 2.75) is 50.3 Å². The van der Waals surface area contributed by atoms with Crippen LogP contribution in [0.5, 0.6) is 0 Å². The molecular formula is C10H21ClOS. The van der Waals surface area contributed by atoms with Crippen molar-refractivity contribution in [1.82, 2.24) is 0 Å². The van der Waals surface area contributed by atoms with Gasteiger partial charge >= 0.3 is 0 Å². The average molecular weight is 225 g/mol. The van der Waals surface area contributed by atoms with Gasteiger partial charge in [-0.2, -0.15) is 11.8 Å². The van der Waals surface area contributed by atoms with Gasteiger partial charge in [-0.3, -0.25) is 0 Å². The Labute approximate surface area is 91.6 Å². The van der Waals surface area contributed by atoms with E-state index in [9.17, 15) is 0 Å². The summed E-state index contributed by atoms with van der Waals surface area (Å²) < 4.78 is 5.42. The van der Waals surface area contributed by atoms with Gasteiger partial charge in [0, 0.05) is 11.9 Å². The van der Waals surface area contributed by atoms with E-state index >= 15 is 0 Å². The maximum Gasteiger partial charge on any atom is 0.132 e. The summed E-state index contributed by atoms with van der Waals surface area (Å²) in [6.45, 7) is 5.09. The van der Waals surface area contributed by atoms with Gasteiger partial charge in [0.05, 0.1) is 0 Å². The first-order valence-corrected chi connectivity index (χ1v) is 6.75. The van der Waals surface area contributed by atoms with Gasteiger partial charge in [-0.05, 0) is 25.5 Å². The van der Waals surface area contributed by atoms with Crippen molar-refractivity contribution in [1.29, 1.82) is 0 Å². The number of rotatable bonds is 8. The van der Waals surface area contributed by atoms with E-state index in [1.807, 2.05) is 11.8 Å². The van der Waals surface area contributed by atoms with Crippen LogP contribution in [0.1, 0.15) is 39.5 Å². The highest BCUT2D eigenvalue weighted by molar-refractivity contribution is 7.99. The third-order valence-corrected chi connectivity index (χ3v) is 3.29. The molecule has 0 spiro atoms. The molecule has 2 atom stereocenters. The minimum absolute atomic E-state index is 0.0936. The van der Waals surface area contributed by atoms with Crippen LogP contribution in [-0.2, 0) is 4.74 Å². The van der Waals surface area contributed by atoms with E-state index < -0.39 is 0 Å². The molecule has 0 rings (SSSR count). The zero-order valence-corrected chi connectivity index (χ0v) is 10.5. The first-order chi connectivity index (χ1) is 6.24. The molecule has 0 aromatic heterocycles. The van der Waals surface area contributed by atoms with Gasteiger partial charge in [0.15, 0.2) is 0 Å². The molecule has 0 aromatic rings. The fraction of sp³-hybridized carbons (Fsp3) is 1.00. The summed E-state index contributed by atoms with van der Waals surface area (Å²) >= 11 is 7.93. The van der Waals surface area contributed by atoms with Gasteiger partial charge in [0.1, 0.15) is 5.56 Å². The van der Waals surface area contributed by atoms with Crippen LogP contribution in [0, 0.1) is 0 Å². The van der Waals surface area contributed by atoms with E-state index in [0.717, 1.165) is 19.4 Å². The lowest BCUT2D eigenvalue weighted by Gasteiger charge is -2.17. The number of hydrogen-bond donors (Lipinski definition) is 0. The Morgan fingerprint density at radius 3 is 2.46 bits per heavy atom. The van der Waals surface area contributed by atoms with E-state index in [4.69, 9.17) is 16.3 Å². The Balaban J connectivity index is 3.53. The molecule has 0 bridgehead atoms. The van der Waals surface area contributed by atoms with E-state index in [1.54, 1.807) is 0 Å². The molecule has 3 heteroatoms. The molecule has 0 amide bonds. The fourth-order valence-corrected chi connectivity index (χ4v) is 2.42. The van der Waals surface area contributed by atoms with E-state index in [0.29, 0.717) is 5.25 Å². The van der Waals surface area contributed by atoms with Gasteiger partial charge < -0.3 is 4.74 Å². The van der Waals surface area contributed by atoms with Crippen molar-refractivity contribution in [3.05, 3.63) is 0 Å². The van der Waals surface area contributed by atoms with Crippen LogP contribution in [-0.4, -0.2) is 23.7 Å². The first kappa shape index (κ1) is 13.6. The molecule has 13 heavy (non-hydrogen) atoms. The normalized spacial score (nSPS) is 15.7. The quantitative estimate of drug-likeness (QED) is 0.579. The molecule has 80 valence electrons. The van der Waals surface area contributed by atoms with Crippen molar-refractivity contribution >= 4 is 23.4 Å². The Morgan fingerprint density at radius 2 is 2.00 bits per heavy atom. The highest BCUT2D eigenvalue weighted by Crippen LogP contribution is 2.21. The Kier molecular flexibility index (Phi) is 9.59. The van der Waals surface area contributed by atoms with Crippen LogP contribution in [0.15, 0.2) is 0 Å². The molecule has 0 aliphatic heterocycles. The van der Waals surface area contributed by atoms with Crippen LogP contribution in [0.3, 0.4) is 0 Å². The van der Waals surface area contributed by atoms with Crippen molar-refractivity contribution < 1.29 is 4.74 Å². The summed E-state index contributed by atoms with van der Waals surface area (Å²) in [5.74, 6) is 0. The number of halogens is 1. The lowest BCUT2D eigenvalue weighted by Crippen LogP contribution is -2.14. The van der Waals surface area contributed by atoms with E-state index in [-0.39, 0.29) is 5.56 Å². The fourth-order valence-electron chi connectivity index (χ4n) is 1.17. The molecule has 0 aliphatic rings. The molecule has 0 saturated carbocycles. The summed E-state index contributed by atoms with van der Waals surface area (Å²) in [7, 11) is 0. The molecule has 0 radical (unpaired) electrons. The molecule has 0 N–H and O–H groups in total. The highest BCUT2D eigenvalue weighted by Gasteiger charge is 2.12. The SMILES string of the molecule is CCCOC(Cl)CC(CCC)SC. The van der Waals surface area contributed by atoms with Gasteiger partial charge in [-0.25, -0.2) is 0 Å². The lowest BCUT2D eigenvalue weighted by molar-refractivity contribution is 0.102. The minimum atomic E-state index is -0.0936. The smallest absolute Gasteiger partial charge is 0.132 e. The molecule has 0 aliphatic carbocycles. The number of thioether (sulfide) groups is 1. The first-order valence-electron chi connectivity index (χ1n) is 5.03. The highest BCUT2D eigenvalue weighted by atomic mass is 35.5. The Hall–Kier alpha value is 0.600. The second-order valence-electron chi connectivity index (χ2n) is 3.16. The summed E-state index contributed by atoms with van der Waals surface area (Å²) in [5, 5.41) is 0.657. The van der Waals surface area contributed by atoms with Crippen LogP contribution >= 0.6 is 23.4 Å². The van der Waals surface area contributed by atoms with E-state index in [2.05, 4.69) is 20.1 Å². The minimum Gasteiger partial charge on any atom is -0.362 e. The maximum atomic E-state index is 6.03. The van der Waals surface area contributed by atoms with Crippen LogP contribution in [0.2, 0.25) is 0 Å².